The minimum atomic E-state index is -0.475. The summed E-state index contributed by atoms with van der Waals surface area (Å²) in [4.78, 5) is 22.9. The summed E-state index contributed by atoms with van der Waals surface area (Å²) in [5.74, 6) is -0.266. The van der Waals surface area contributed by atoms with E-state index in [4.69, 9.17) is 0 Å². The number of non-ortho nitro benzene ring substituents is 1. The first kappa shape index (κ1) is 15.1. The Labute approximate surface area is 142 Å². The van der Waals surface area contributed by atoms with Crippen LogP contribution in [0.1, 0.15) is 33.2 Å². The van der Waals surface area contributed by atoms with Gasteiger partial charge in [0, 0.05) is 23.3 Å². The van der Waals surface area contributed by atoms with Crippen molar-refractivity contribution in [2.24, 2.45) is 0 Å². The number of H-pyrrole nitrogens is 1. The molecule has 0 aliphatic carbocycles. The molecule has 1 unspecified atom stereocenters. The van der Waals surface area contributed by atoms with Gasteiger partial charge in [-0.2, -0.15) is 5.10 Å². The van der Waals surface area contributed by atoms with Crippen LogP contribution >= 0.6 is 0 Å². The summed E-state index contributed by atoms with van der Waals surface area (Å²) in [5.41, 5.74) is 4.43. The predicted molar refractivity (Wildman–Crippen MR) is 91.2 cm³/mol. The molecule has 124 valence electrons. The van der Waals surface area contributed by atoms with Gasteiger partial charge in [0.15, 0.2) is 0 Å². The molecule has 2 heterocycles. The zero-order valence-electron chi connectivity index (χ0n) is 13.3. The summed E-state index contributed by atoms with van der Waals surface area (Å²) < 4.78 is 0. The highest BCUT2D eigenvalue weighted by Crippen LogP contribution is 2.37. The van der Waals surface area contributed by atoms with Crippen LogP contribution in [0.15, 0.2) is 48.5 Å². The number of nitro benzene ring substituents is 1. The van der Waals surface area contributed by atoms with Crippen molar-refractivity contribution in [1.82, 2.24) is 15.5 Å². The van der Waals surface area contributed by atoms with Crippen molar-refractivity contribution < 1.29 is 9.72 Å². The van der Waals surface area contributed by atoms with Gasteiger partial charge in [-0.25, -0.2) is 0 Å². The van der Waals surface area contributed by atoms with E-state index in [1.165, 1.54) is 12.1 Å². The van der Waals surface area contributed by atoms with Gasteiger partial charge >= 0.3 is 0 Å². The van der Waals surface area contributed by atoms with Gasteiger partial charge < -0.3 is 5.32 Å². The van der Waals surface area contributed by atoms with Gasteiger partial charge in [0.2, 0.25) is 0 Å². The monoisotopic (exact) mass is 334 g/mol. The maximum absolute atomic E-state index is 12.3. The van der Waals surface area contributed by atoms with Crippen molar-refractivity contribution in [3.63, 3.8) is 0 Å². The van der Waals surface area contributed by atoms with Crippen molar-refractivity contribution in [1.29, 1.82) is 0 Å². The van der Waals surface area contributed by atoms with E-state index in [1.54, 1.807) is 12.1 Å². The number of fused-ring (bicyclic) bond motifs is 1. The number of aromatic nitrogens is 2. The van der Waals surface area contributed by atoms with E-state index in [0.29, 0.717) is 22.5 Å². The van der Waals surface area contributed by atoms with Crippen LogP contribution in [-0.4, -0.2) is 21.0 Å². The number of nitrogens with one attached hydrogen (secondary N) is 2. The van der Waals surface area contributed by atoms with Crippen molar-refractivity contribution in [2.45, 2.75) is 13.0 Å². The maximum Gasteiger partial charge on any atom is 0.270 e. The number of hydrogen-bond donors (Lipinski definition) is 2. The quantitative estimate of drug-likeness (QED) is 0.567. The summed E-state index contributed by atoms with van der Waals surface area (Å²) in [5, 5.41) is 21.0. The SMILES string of the molecule is Cc1ccc(-c2n[nH]c3c2C(c2cccc([N+](=O)[O-])c2)NC3=O)cc1. The van der Waals surface area contributed by atoms with E-state index in [1.807, 2.05) is 31.2 Å². The Morgan fingerprint density at radius 1 is 1.16 bits per heavy atom. The highest BCUT2D eigenvalue weighted by molar-refractivity contribution is 6.00. The molecule has 3 aromatic rings. The zero-order chi connectivity index (χ0) is 17.6. The first-order valence-corrected chi connectivity index (χ1v) is 7.75. The molecular weight excluding hydrogens is 320 g/mol. The molecule has 25 heavy (non-hydrogen) atoms. The second-order valence-electron chi connectivity index (χ2n) is 5.99. The lowest BCUT2D eigenvalue weighted by molar-refractivity contribution is -0.384. The van der Waals surface area contributed by atoms with E-state index < -0.39 is 11.0 Å². The molecule has 1 aliphatic heterocycles. The first-order chi connectivity index (χ1) is 12.0. The molecule has 0 fully saturated rings. The van der Waals surface area contributed by atoms with Crippen LogP contribution < -0.4 is 5.32 Å². The lowest BCUT2D eigenvalue weighted by Gasteiger charge is -2.13. The average Bonchev–Trinajstić information content (AvgIpc) is 3.17. The Bertz CT molecular complexity index is 992. The van der Waals surface area contributed by atoms with Crippen LogP contribution in [0.5, 0.6) is 0 Å². The second-order valence-corrected chi connectivity index (χ2v) is 5.99. The average molecular weight is 334 g/mol. The standard InChI is InChI=1S/C18H14N4O3/c1-10-5-7-11(8-6-10)16-14-15(19-18(23)17(14)21-20-16)12-3-2-4-13(9-12)22(24)25/h2-9,15H,1H3,(H,19,23)(H,20,21). The molecule has 0 saturated carbocycles. The largest absolute Gasteiger partial charge is 0.340 e. The van der Waals surface area contributed by atoms with E-state index in [-0.39, 0.29) is 11.6 Å². The van der Waals surface area contributed by atoms with Gasteiger partial charge in [-0.3, -0.25) is 20.0 Å². The highest BCUT2D eigenvalue weighted by Gasteiger charge is 2.35. The summed E-state index contributed by atoms with van der Waals surface area (Å²) in [6, 6.07) is 13.6. The van der Waals surface area contributed by atoms with Gasteiger partial charge in [0.05, 0.1) is 16.7 Å². The Morgan fingerprint density at radius 3 is 2.64 bits per heavy atom. The molecule has 1 aliphatic rings. The minimum absolute atomic E-state index is 0.0134. The lowest BCUT2D eigenvalue weighted by atomic mass is 9.96. The van der Waals surface area contributed by atoms with E-state index >= 15 is 0 Å². The predicted octanol–water partition coefficient (Wildman–Crippen LogP) is 3.13. The third-order valence-electron chi connectivity index (χ3n) is 4.33. The van der Waals surface area contributed by atoms with Crippen LogP contribution in [0.2, 0.25) is 0 Å². The number of aromatic amines is 1. The molecule has 2 aromatic carbocycles. The van der Waals surface area contributed by atoms with Gasteiger partial charge in [-0.05, 0) is 12.5 Å². The van der Waals surface area contributed by atoms with E-state index in [2.05, 4.69) is 15.5 Å². The van der Waals surface area contributed by atoms with Crippen molar-refractivity contribution in [2.75, 3.05) is 0 Å². The topological polar surface area (TPSA) is 101 Å². The first-order valence-electron chi connectivity index (χ1n) is 7.75. The minimum Gasteiger partial charge on any atom is -0.340 e. The van der Waals surface area contributed by atoms with Gasteiger partial charge in [0.25, 0.3) is 11.6 Å². The zero-order valence-corrected chi connectivity index (χ0v) is 13.3. The number of hydrogen-bond acceptors (Lipinski definition) is 4. The molecule has 1 aromatic heterocycles. The van der Waals surface area contributed by atoms with Crippen LogP contribution in [-0.2, 0) is 0 Å². The number of carbonyl (C=O) groups is 1. The molecule has 7 nitrogen and oxygen atoms in total. The molecule has 7 heteroatoms. The van der Waals surface area contributed by atoms with Crippen molar-refractivity contribution >= 4 is 11.6 Å². The van der Waals surface area contributed by atoms with E-state index in [9.17, 15) is 14.9 Å². The number of nitro groups is 1. The summed E-state index contributed by atoms with van der Waals surface area (Å²) in [6.07, 6.45) is 0. The fourth-order valence-corrected chi connectivity index (χ4v) is 3.08. The molecular formula is C18H14N4O3. The Kier molecular flexibility index (Phi) is 3.35. The molecule has 1 atom stereocenters. The summed E-state index contributed by atoms with van der Waals surface area (Å²) >= 11 is 0. The van der Waals surface area contributed by atoms with Crippen LogP contribution in [0, 0.1) is 17.0 Å². The molecule has 0 bridgehead atoms. The normalized spacial score (nSPS) is 15.7. The van der Waals surface area contributed by atoms with E-state index in [0.717, 1.165) is 11.1 Å². The van der Waals surface area contributed by atoms with Gasteiger partial charge in [-0.15, -0.1) is 0 Å². The third kappa shape index (κ3) is 2.46. The molecule has 0 saturated heterocycles. The number of nitrogens with zero attached hydrogens (tertiary/aromatic N) is 2. The van der Waals surface area contributed by atoms with Gasteiger partial charge in [0.1, 0.15) is 5.69 Å². The van der Waals surface area contributed by atoms with Crippen LogP contribution in [0.3, 0.4) is 0 Å². The molecule has 0 spiro atoms. The number of carbonyl (C=O) groups excluding carboxylic acids is 1. The highest BCUT2D eigenvalue weighted by atomic mass is 16.6. The summed E-state index contributed by atoms with van der Waals surface area (Å²) in [7, 11) is 0. The molecule has 4 rings (SSSR count). The second kappa shape index (κ2) is 5.55. The fourth-order valence-electron chi connectivity index (χ4n) is 3.08. The maximum atomic E-state index is 12.3. The van der Waals surface area contributed by atoms with Gasteiger partial charge in [-0.1, -0.05) is 42.0 Å². The molecule has 2 N–H and O–H groups in total. The number of aryl methyl sites for hydroxylation is 1. The smallest absolute Gasteiger partial charge is 0.270 e. The van der Waals surface area contributed by atoms with Crippen LogP contribution in [0.4, 0.5) is 5.69 Å². The number of benzene rings is 2. The molecule has 0 radical (unpaired) electrons. The Morgan fingerprint density at radius 2 is 1.92 bits per heavy atom. The Hall–Kier alpha value is -3.48. The number of rotatable bonds is 3. The third-order valence-corrected chi connectivity index (χ3v) is 4.33. The summed E-state index contributed by atoms with van der Waals surface area (Å²) in [6.45, 7) is 2.00. The lowest BCUT2D eigenvalue weighted by Crippen LogP contribution is -2.21. The van der Waals surface area contributed by atoms with Crippen molar-refractivity contribution in [3.8, 4) is 11.3 Å². The molecule has 1 amide bonds. The van der Waals surface area contributed by atoms with Crippen molar-refractivity contribution in [3.05, 3.63) is 81.0 Å². The Balaban J connectivity index is 1.84. The fraction of sp³-hybridized carbons (Fsp3) is 0.111. The number of amides is 1. The van der Waals surface area contributed by atoms with Crippen LogP contribution in [0.25, 0.3) is 11.3 Å².